The van der Waals surface area contributed by atoms with Gasteiger partial charge in [-0.3, -0.25) is 0 Å². The highest BCUT2D eigenvalue weighted by Gasteiger charge is 2.06. The van der Waals surface area contributed by atoms with Crippen LogP contribution < -0.4 is 5.36 Å². The molecule has 0 aliphatic heterocycles. The van der Waals surface area contributed by atoms with Crippen molar-refractivity contribution in [1.82, 2.24) is 4.57 Å². The number of aromatic nitrogens is 1. The first-order chi connectivity index (χ1) is 11.2. The Morgan fingerprint density at radius 2 is 1.39 bits per heavy atom. The van der Waals surface area contributed by atoms with E-state index in [4.69, 9.17) is 4.99 Å². The van der Waals surface area contributed by atoms with Gasteiger partial charge in [-0.2, -0.15) is 0 Å². The van der Waals surface area contributed by atoms with Crippen molar-refractivity contribution < 1.29 is 5.11 Å². The van der Waals surface area contributed by atoms with Gasteiger partial charge >= 0.3 is 0 Å². The fourth-order valence-corrected chi connectivity index (χ4v) is 3.02. The molecule has 1 heterocycles. The topological polar surface area (TPSA) is 37.5 Å². The van der Waals surface area contributed by atoms with E-state index in [0.29, 0.717) is 0 Å². The molecule has 112 valence electrons. The third-order valence-electron chi connectivity index (χ3n) is 4.11. The van der Waals surface area contributed by atoms with Gasteiger partial charge in [-0.1, -0.05) is 42.5 Å². The standard InChI is InChI=1S/C20H16N2O/c1-22-18-11-4-2-9-16(18)20(17-10-3-5-12-19(17)22)21-14-7-6-8-15(23)13-14/h2-13,23H,1H3. The summed E-state index contributed by atoms with van der Waals surface area (Å²) in [6, 6.07) is 23.5. The number of fused-ring (bicyclic) bond motifs is 2. The molecule has 0 amide bonds. The third-order valence-corrected chi connectivity index (χ3v) is 4.11. The van der Waals surface area contributed by atoms with E-state index in [1.807, 2.05) is 36.4 Å². The van der Waals surface area contributed by atoms with E-state index in [1.165, 1.54) is 0 Å². The normalized spacial score (nSPS) is 11.0. The predicted octanol–water partition coefficient (Wildman–Crippen LogP) is 4.27. The number of rotatable bonds is 1. The highest BCUT2D eigenvalue weighted by Crippen LogP contribution is 2.21. The zero-order chi connectivity index (χ0) is 15.8. The van der Waals surface area contributed by atoms with Crippen LogP contribution in [0.2, 0.25) is 0 Å². The number of para-hydroxylation sites is 2. The Kier molecular flexibility index (Phi) is 3.12. The van der Waals surface area contributed by atoms with Crippen molar-refractivity contribution in [3.05, 3.63) is 78.2 Å². The van der Waals surface area contributed by atoms with Crippen LogP contribution in [0.15, 0.2) is 77.8 Å². The van der Waals surface area contributed by atoms with Gasteiger partial charge in [0.05, 0.1) is 22.1 Å². The van der Waals surface area contributed by atoms with Gasteiger partial charge in [0.25, 0.3) is 0 Å². The van der Waals surface area contributed by atoms with Gasteiger partial charge in [-0.05, 0) is 24.3 Å². The molecule has 0 unspecified atom stereocenters. The van der Waals surface area contributed by atoms with Crippen molar-refractivity contribution in [3.63, 3.8) is 0 Å². The van der Waals surface area contributed by atoms with Crippen molar-refractivity contribution in [2.24, 2.45) is 12.0 Å². The van der Waals surface area contributed by atoms with Crippen LogP contribution in [0.1, 0.15) is 0 Å². The summed E-state index contributed by atoms with van der Waals surface area (Å²) in [5, 5.41) is 12.8. The number of benzene rings is 3. The Labute approximate surface area is 133 Å². The summed E-state index contributed by atoms with van der Waals surface area (Å²) < 4.78 is 2.19. The van der Waals surface area contributed by atoms with Crippen LogP contribution in [0.25, 0.3) is 21.8 Å². The lowest BCUT2D eigenvalue weighted by Crippen LogP contribution is -2.10. The van der Waals surface area contributed by atoms with Gasteiger partial charge in [0.1, 0.15) is 5.75 Å². The molecule has 0 saturated carbocycles. The van der Waals surface area contributed by atoms with Crippen LogP contribution in [-0.4, -0.2) is 9.67 Å². The first-order valence-electron chi connectivity index (χ1n) is 7.54. The molecular weight excluding hydrogens is 284 g/mol. The van der Waals surface area contributed by atoms with Gasteiger partial charge in [-0.15, -0.1) is 0 Å². The molecule has 0 aliphatic carbocycles. The minimum absolute atomic E-state index is 0.223. The molecule has 0 aliphatic rings. The third kappa shape index (κ3) is 2.27. The van der Waals surface area contributed by atoms with Gasteiger partial charge in [0, 0.05) is 23.9 Å². The second-order valence-corrected chi connectivity index (χ2v) is 5.57. The minimum Gasteiger partial charge on any atom is -0.508 e. The van der Waals surface area contributed by atoms with Crippen LogP contribution >= 0.6 is 0 Å². The molecule has 23 heavy (non-hydrogen) atoms. The Bertz CT molecular complexity index is 1030. The average Bonchev–Trinajstić information content (AvgIpc) is 2.59. The summed E-state index contributed by atoms with van der Waals surface area (Å²) in [7, 11) is 2.07. The molecule has 3 aromatic carbocycles. The number of nitrogens with zero attached hydrogens (tertiary/aromatic N) is 2. The van der Waals surface area contributed by atoms with Crippen LogP contribution in [0.4, 0.5) is 5.69 Å². The van der Waals surface area contributed by atoms with Crippen LogP contribution in [-0.2, 0) is 7.05 Å². The van der Waals surface area contributed by atoms with E-state index in [-0.39, 0.29) is 5.75 Å². The van der Waals surface area contributed by atoms with Crippen LogP contribution in [0.5, 0.6) is 5.75 Å². The lowest BCUT2D eigenvalue weighted by atomic mass is 10.1. The lowest BCUT2D eigenvalue weighted by Gasteiger charge is -2.11. The molecule has 0 atom stereocenters. The monoisotopic (exact) mass is 300 g/mol. The molecule has 0 fully saturated rings. The molecule has 3 nitrogen and oxygen atoms in total. The lowest BCUT2D eigenvalue weighted by molar-refractivity contribution is 0.475. The maximum Gasteiger partial charge on any atom is 0.117 e. The SMILES string of the molecule is Cn1c2ccccc2c(=Nc2cccc(O)c2)c2ccccc21. The summed E-state index contributed by atoms with van der Waals surface area (Å²) in [6.07, 6.45) is 0. The second-order valence-electron chi connectivity index (χ2n) is 5.57. The highest BCUT2D eigenvalue weighted by atomic mass is 16.3. The molecule has 0 spiro atoms. The fraction of sp³-hybridized carbons (Fsp3) is 0.0500. The minimum atomic E-state index is 0.223. The molecule has 1 aromatic heterocycles. The molecule has 3 heteroatoms. The number of hydrogen-bond acceptors (Lipinski definition) is 2. The summed E-state index contributed by atoms with van der Waals surface area (Å²) in [4.78, 5) is 4.83. The first kappa shape index (κ1) is 13.6. The maximum atomic E-state index is 9.70. The molecule has 0 bridgehead atoms. The summed E-state index contributed by atoms with van der Waals surface area (Å²) in [6.45, 7) is 0. The Hall–Kier alpha value is -3.07. The number of aryl methyl sites for hydroxylation is 1. The molecule has 0 saturated heterocycles. The zero-order valence-electron chi connectivity index (χ0n) is 12.8. The average molecular weight is 300 g/mol. The molecule has 0 radical (unpaired) electrons. The van der Waals surface area contributed by atoms with E-state index in [1.54, 1.807) is 12.1 Å². The van der Waals surface area contributed by atoms with Gasteiger partial charge in [0.2, 0.25) is 0 Å². The van der Waals surface area contributed by atoms with E-state index in [0.717, 1.165) is 32.9 Å². The maximum absolute atomic E-state index is 9.70. The second kappa shape index (κ2) is 5.29. The number of phenolic OH excluding ortho intramolecular Hbond substituents is 1. The molecule has 4 aromatic rings. The number of aromatic hydroxyl groups is 1. The van der Waals surface area contributed by atoms with Crippen molar-refractivity contribution >= 4 is 27.5 Å². The number of pyridine rings is 1. The van der Waals surface area contributed by atoms with Crippen molar-refractivity contribution in [3.8, 4) is 5.75 Å². The van der Waals surface area contributed by atoms with Crippen molar-refractivity contribution in [2.45, 2.75) is 0 Å². The zero-order valence-corrected chi connectivity index (χ0v) is 12.8. The molecular formula is C20H16N2O. The summed E-state index contributed by atoms with van der Waals surface area (Å²) in [5.74, 6) is 0.223. The fourth-order valence-electron chi connectivity index (χ4n) is 3.02. The molecule has 1 N–H and O–H groups in total. The van der Waals surface area contributed by atoms with E-state index < -0.39 is 0 Å². The largest absolute Gasteiger partial charge is 0.508 e. The van der Waals surface area contributed by atoms with Gasteiger partial charge in [0.15, 0.2) is 0 Å². The summed E-state index contributed by atoms with van der Waals surface area (Å²) >= 11 is 0. The van der Waals surface area contributed by atoms with E-state index >= 15 is 0 Å². The van der Waals surface area contributed by atoms with Gasteiger partial charge in [-0.25, -0.2) is 4.99 Å². The Morgan fingerprint density at radius 1 is 0.783 bits per heavy atom. The number of hydrogen-bond donors (Lipinski definition) is 1. The van der Waals surface area contributed by atoms with Crippen molar-refractivity contribution in [2.75, 3.05) is 0 Å². The first-order valence-corrected chi connectivity index (χ1v) is 7.54. The van der Waals surface area contributed by atoms with Crippen LogP contribution in [0, 0.1) is 0 Å². The van der Waals surface area contributed by atoms with Gasteiger partial charge < -0.3 is 9.67 Å². The quantitative estimate of drug-likeness (QED) is 0.524. The summed E-state index contributed by atoms with van der Waals surface area (Å²) in [5.41, 5.74) is 3.00. The van der Waals surface area contributed by atoms with Crippen LogP contribution in [0.3, 0.4) is 0 Å². The Balaban J connectivity index is 2.21. The predicted molar refractivity (Wildman–Crippen MR) is 93.8 cm³/mol. The highest BCUT2D eigenvalue weighted by molar-refractivity contribution is 5.93. The Morgan fingerprint density at radius 3 is 2.00 bits per heavy atom. The number of phenols is 1. The van der Waals surface area contributed by atoms with Crippen molar-refractivity contribution in [1.29, 1.82) is 0 Å². The molecule has 4 rings (SSSR count). The smallest absolute Gasteiger partial charge is 0.117 e. The van der Waals surface area contributed by atoms with E-state index in [2.05, 4.69) is 35.9 Å². The van der Waals surface area contributed by atoms with E-state index in [9.17, 15) is 5.11 Å².